The SMILES string of the molecule is CN1OC(C(=O)NCC(=O)O)=C(O)c2ccc(N3CCCCC3)cc21. The lowest BCUT2D eigenvalue weighted by Gasteiger charge is -2.32. The molecule has 25 heavy (non-hydrogen) atoms. The number of fused-ring (bicyclic) bond motifs is 1. The first-order chi connectivity index (χ1) is 12.0. The molecule has 1 fully saturated rings. The Bertz CT molecular complexity index is 725. The van der Waals surface area contributed by atoms with Crippen LogP contribution >= 0.6 is 0 Å². The van der Waals surface area contributed by atoms with Crippen LogP contribution in [0, 0.1) is 0 Å². The molecule has 8 nitrogen and oxygen atoms in total. The van der Waals surface area contributed by atoms with Gasteiger partial charge in [0, 0.05) is 31.4 Å². The zero-order valence-electron chi connectivity index (χ0n) is 14.0. The van der Waals surface area contributed by atoms with Gasteiger partial charge in [0.25, 0.3) is 11.7 Å². The van der Waals surface area contributed by atoms with E-state index in [1.807, 2.05) is 12.1 Å². The average Bonchev–Trinajstić information content (AvgIpc) is 2.63. The van der Waals surface area contributed by atoms with Gasteiger partial charge in [-0.25, -0.2) is 5.06 Å². The summed E-state index contributed by atoms with van der Waals surface area (Å²) in [6.45, 7) is 1.44. The molecule has 2 aliphatic heterocycles. The van der Waals surface area contributed by atoms with Crippen molar-refractivity contribution >= 4 is 29.0 Å². The Morgan fingerprint density at radius 3 is 2.64 bits per heavy atom. The number of anilines is 2. The maximum Gasteiger partial charge on any atom is 0.322 e. The monoisotopic (exact) mass is 347 g/mol. The molecule has 0 aliphatic carbocycles. The number of nitrogens with zero attached hydrogens (tertiary/aromatic N) is 2. The lowest BCUT2D eigenvalue weighted by Crippen LogP contribution is -2.36. The van der Waals surface area contributed by atoms with Gasteiger partial charge in [-0.15, -0.1) is 0 Å². The lowest BCUT2D eigenvalue weighted by molar-refractivity contribution is -0.137. The van der Waals surface area contributed by atoms with Crippen molar-refractivity contribution in [1.29, 1.82) is 0 Å². The van der Waals surface area contributed by atoms with Gasteiger partial charge in [-0.05, 0) is 37.5 Å². The van der Waals surface area contributed by atoms with Gasteiger partial charge < -0.3 is 25.3 Å². The Morgan fingerprint density at radius 1 is 1.24 bits per heavy atom. The second kappa shape index (κ2) is 6.92. The minimum absolute atomic E-state index is 0.304. The van der Waals surface area contributed by atoms with Crippen LogP contribution in [-0.4, -0.2) is 48.8 Å². The normalized spacial score (nSPS) is 17.0. The molecule has 8 heteroatoms. The molecule has 0 aromatic heterocycles. The molecule has 0 bridgehead atoms. The molecule has 0 atom stereocenters. The molecule has 0 radical (unpaired) electrons. The third-order valence-corrected chi connectivity index (χ3v) is 4.35. The molecule has 2 aliphatic rings. The first-order valence-electron chi connectivity index (χ1n) is 8.21. The molecule has 2 heterocycles. The zero-order valence-corrected chi connectivity index (χ0v) is 14.0. The van der Waals surface area contributed by atoms with E-state index >= 15 is 0 Å². The van der Waals surface area contributed by atoms with Crippen LogP contribution in [0.2, 0.25) is 0 Å². The number of nitrogens with one attached hydrogen (secondary N) is 1. The average molecular weight is 347 g/mol. The number of carbonyl (C=O) groups excluding carboxylic acids is 1. The summed E-state index contributed by atoms with van der Waals surface area (Å²) in [4.78, 5) is 30.3. The van der Waals surface area contributed by atoms with Crippen LogP contribution in [0.15, 0.2) is 24.0 Å². The first kappa shape index (κ1) is 16.9. The fourth-order valence-electron chi connectivity index (χ4n) is 3.07. The third-order valence-electron chi connectivity index (χ3n) is 4.35. The van der Waals surface area contributed by atoms with E-state index in [1.165, 1.54) is 11.5 Å². The van der Waals surface area contributed by atoms with Gasteiger partial charge >= 0.3 is 5.97 Å². The summed E-state index contributed by atoms with van der Waals surface area (Å²) in [7, 11) is 1.63. The summed E-state index contributed by atoms with van der Waals surface area (Å²) < 4.78 is 0. The summed E-state index contributed by atoms with van der Waals surface area (Å²) in [6, 6.07) is 5.58. The van der Waals surface area contributed by atoms with Crippen molar-refractivity contribution in [3.63, 3.8) is 0 Å². The van der Waals surface area contributed by atoms with Crippen LogP contribution in [0.1, 0.15) is 24.8 Å². The van der Waals surface area contributed by atoms with Crippen LogP contribution in [0.4, 0.5) is 11.4 Å². The maximum atomic E-state index is 12.0. The summed E-state index contributed by atoms with van der Waals surface area (Å²) in [6.07, 6.45) is 3.55. The smallest absolute Gasteiger partial charge is 0.322 e. The van der Waals surface area contributed by atoms with Gasteiger partial charge in [-0.3, -0.25) is 9.59 Å². The number of hydrogen-bond donors (Lipinski definition) is 3. The number of carbonyl (C=O) groups is 2. The van der Waals surface area contributed by atoms with Gasteiger partial charge in [0.1, 0.15) is 6.54 Å². The van der Waals surface area contributed by atoms with E-state index < -0.39 is 18.4 Å². The van der Waals surface area contributed by atoms with Crippen LogP contribution in [0.5, 0.6) is 0 Å². The van der Waals surface area contributed by atoms with Crippen LogP contribution < -0.4 is 15.3 Å². The molecular weight excluding hydrogens is 326 g/mol. The predicted molar refractivity (Wildman–Crippen MR) is 92.2 cm³/mol. The van der Waals surface area contributed by atoms with Crippen molar-refractivity contribution in [3.05, 3.63) is 29.5 Å². The molecule has 0 spiro atoms. The predicted octanol–water partition coefficient (Wildman–Crippen LogP) is 1.49. The number of carboxylic acid groups (broad SMARTS) is 1. The number of piperidine rings is 1. The topological polar surface area (TPSA) is 102 Å². The van der Waals surface area contributed by atoms with Crippen LogP contribution in [0.3, 0.4) is 0 Å². The minimum atomic E-state index is -1.18. The van der Waals surface area contributed by atoms with Gasteiger partial charge in [0.2, 0.25) is 0 Å². The zero-order chi connectivity index (χ0) is 18.0. The van der Waals surface area contributed by atoms with E-state index in [2.05, 4.69) is 10.2 Å². The molecule has 1 saturated heterocycles. The number of carboxylic acids is 1. The number of benzene rings is 1. The quantitative estimate of drug-likeness (QED) is 0.758. The molecule has 3 rings (SSSR count). The molecule has 134 valence electrons. The van der Waals surface area contributed by atoms with Crippen molar-refractivity contribution in [1.82, 2.24) is 5.32 Å². The molecule has 1 amide bonds. The fraction of sp³-hybridized carbons (Fsp3) is 0.412. The number of hydrogen-bond acceptors (Lipinski definition) is 6. The van der Waals surface area contributed by atoms with Crippen molar-refractivity contribution in [2.75, 3.05) is 36.6 Å². The Kier molecular flexibility index (Phi) is 4.69. The highest BCUT2D eigenvalue weighted by Gasteiger charge is 2.29. The molecule has 0 unspecified atom stereocenters. The first-order valence-corrected chi connectivity index (χ1v) is 8.21. The van der Waals surface area contributed by atoms with E-state index in [1.54, 1.807) is 13.1 Å². The Balaban J connectivity index is 1.87. The van der Waals surface area contributed by atoms with Gasteiger partial charge in [-0.1, -0.05) is 0 Å². The van der Waals surface area contributed by atoms with Crippen molar-refractivity contribution in [2.24, 2.45) is 0 Å². The fourth-order valence-corrected chi connectivity index (χ4v) is 3.07. The van der Waals surface area contributed by atoms with Crippen LogP contribution in [0.25, 0.3) is 5.76 Å². The summed E-state index contributed by atoms with van der Waals surface area (Å²) in [5.41, 5.74) is 2.16. The molecule has 1 aromatic carbocycles. The highest BCUT2D eigenvalue weighted by Crippen LogP contribution is 2.36. The Labute approximate surface area is 145 Å². The number of rotatable bonds is 4. The maximum absolute atomic E-state index is 12.0. The number of aliphatic hydroxyl groups excluding tert-OH is 1. The van der Waals surface area contributed by atoms with Gasteiger partial charge in [-0.2, -0.15) is 0 Å². The molecule has 3 N–H and O–H groups in total. The molecule has 0 saturated carbocycles. The number of hydroxylamine groups is 1. The standard InChI is InChI=1S/C17H21N3O5/c1-19-13-9-11(20-7-3-2-4-8-20)5-6-12(13)15(23)16(25-19)17(24)18-10-14(21)22/h5-6,9,23H,2-4,7-8,10H2,1H3,(H,18,24)(H,21,22). The molecular formula is C17H21N3O5. The number of aliphatic carboxylic acids is 1. The van der Waals surface area contributed by atoms with E-state index in [4.69, 9.17) is 9.94 Å². The summed E-state index contributed by atoms with van der Waals surface area (Å²) >= 11 is 0. The van der Waals surface area contributed by atoms with E-state index in [0.717, 1.165) is 31.6 Å². The summed E-state index contributed by atoms with van der Waals surface area (Å²) in [5.74, 6) is -2.58. The number of amides is 1. The second-order valence-electron chi connectivity index (χ2n) is 6.09. The van der Waals surface area contributed by atoms with E-state index in [-0.39, 0.29) is 11.5 Å². The van der Waals surface area contributed by atoms with Crippen molar-refractivity contribution in [3.8, 4) is 0 Å². The largest absolute Gasteiger partial charge is 0.504 e. The van der Waals surface area contributed by atoms with Gasteiger partial charge in [0.05, 0.1) is 5.69 Å². The van der Waals surface area contributed by atoms with Crippen molar-refractivity contribution < 1.29 is 24.6 Å². The third kappa shape index (κ3) is 3.47. The highest BCUT2D eigenvalue weighted by atomic mass is 16.7. The molecule has 1 aromatic rings. The lowest BCUT2D eigenvalue weighted by atomic mass is 10.1. The minimum Gasteiger partial charge on any atom is -0.504 e. The Morgan fingerprint density at radius 2 is 1.96 bits per heavy atom. The van der Waals surface area contributed by atoms with E-state index in [0.29, 0.717) is 11.3 Å². The van der Waals surface area contributed by atoms with E-state index in [9.17, 15) is 14.7 Å². The van der Waals surface area contributed by atoms with Crippen LogP contribution in [-0.2, 0) is 14.4 Å². The number of aliphatic hydroxyl groups is 1. The highest BCUT2D eigenvalue weighted by molar-refractivity contribution is 6.01. The Hall–Kier alpha value is -2.90. The second-order valence-corrected chi connectivity index (χ2v) is 6.09. The summed E-state index contributed by atoms with van der Waals surface area (Å²) in [5, 5.41) is 22.6. The van der Waals surface area contributed by atoms with Gasteiger partial charge in [0.15, 0.2) is 5.76 Å². The van der Waals surface area contributed by atoms with Crippen molar-refractivity contribution in [2.45, 2.75) is 19.3 Å².